The summed E-state index contributed by atoms with van der Waals surface area (Å²) in [6.45, 7) is 3.59. The van der Waals surface area contributed by atoms with E-state index in [2.05, 4.69) is 15.2 Å². The predicted octanol–water partition coefficient (Wildman–Crippen LogP) is 1.81. The molecule has 27 heavy (non-hydrogen) atoms. The van der Waals surface area contributed by atoms with Gasteiger partial charge in [-0.05, 0) is 43.7 Å². The Kier molecular flexibility index (Phi) is 5.72. The van der Waals surface area contributed by atoms with Gasteiger partial charge >= 0.3 is 0 Å². The monoisotopic (exact) mass is 370 g/mol. The van der Waals surface area contributed by atoms with Gasteiger partial charge < -0.3 is 10.2 Å². The molecule has 1 saturated heterocycles. The van der Waals surface area contributed by atoms with Gasteiger partial charge in [-0.1, -0.05) is 18.9 Å². The van der Waals surface area contributed by atoms with Gasteiger partial charge in [-0.25, -0.2) is 0 Å². The van der Waals surface area contributed by atoms with E-state index in [0.29, 0.717) is 18.4 Å². The second-order valence-electron chi connectivity index (χ2n) is 8.16. The summed E-state index contributed by atoms with van der Waals surface area (Å²) in [5.41, 5.74) is 0.885. The van der Waals surface area contributed by atoms with Gasteiger partial charge in [0.1, 0.15) is 0 Å². The molecule has 0 bridgehead atoms. The summed E-state index contributed by atoms with van der Waals surface area (Å²) in [5.74, 6) is 1.16. The van der Waals surface area contributed by atoms with Crippen LogP contribution < -0.4 is 5.32 Å². The highest BCUT2D eigenvalue weighted by molar-refractivity contribution is 5.82. The van der Waals surface area contributed by atoms with Crippen LogP contribution in [0.1, 0.15) is 44.2 Å². The average molecular weight is 370 g/mol. The number of carbonyl (C=O) groups excluding carboxylic acids is 2. The summed E-state index contributed by atoms with van der Waals surface area (Å²) in [6, 6.07) is 5.69. The fourth-order valence-electron chi connectivity index (χ4n) is 4.55. The van der Waals surface area contributed by atoms with Crippen LogP contribution in [-0.2, 0) is 16.1 Å². The molecule has 146 valence electrons. The van der Waals surface area contributed by atoms with Gasteiger partial charge in [0.2, 0.25) is 11.8 Å². The van der Waals surface area contributed by atoms with E-state index in [1.165, 1.54) is 12.8 Å². The quantitative estimate of drug-likeness (QED) is 0.829. The summed E-state index contributed by atoms with van der Waals surface area (Å²) >= 11 is 0. The summed E-state index contributed by atoms with van der Waals surface area (Å²) in [6.07, 6.45) is 8.56. The van der Waals surface area contributed by atoms with E-state index in [1.807, 2.05) is 23.1 Å². The smallest absolute Gasteiger partial charge is 0.237 e. The summed E-state index contributed by atoms with van der Waals surface area (Å²) in [4.78, 5) is 34.0. The van der Waals surface area contributed by atoms with Crippen LogP contribution in [0.5, 0.6) is 0 Å². The summed E-state index contributed by atoms with van der Waals surface area (Å²) in [5, 5.41) is 3.11. The normalized spacial score (nSPS) is 22.6. The van der Waals surface area contributed by atoms with Crippen LogP contribution in [0, 0.1) is 11.8 Å². The number of nitrogens with one attached hydrogen (secondary N) is 1. The molecule has 0 spiro atoms. The van der Waals surface area contributed by atoms with Gasteiger partial charge in [-0.3, -0.25) is 19.5 Å². The molecule has 1 N–H and O–H groups in total. The van der Waals surface area contributed by atoms with Crippen LogP contribution in [0.25, 0.3) is 0 Å². The molecule has 3 fully saturated rings. The van der Waals surface area contributed by atoms with E-state index >= 15 is 0 Å². The maximum absolute atomic E-state index is 13.1. The van der Waals surface area contributed by atoms with E-state index < -0.39 is 0 Å². The molecular formula is C21H30N4O2. The molecule has 0 radical (unpaired) electrons. The van der Waals surface area contributed by atoms with Gasteiger partial charge in [-0.15, -0.1) is 0 Å². The lowest BCUT2D eigenvalue weighted by Gasteiger charge is -2.40. The maximum atomic E-state index is 13.1. The number of carbonyl (C=O) groups is 2. The molecule has 6 nitrogen and oxygen atoms in total. The number of aromatic nitrogens is 1. The van der Waals surface area contributed by atoms with Crippen LogP contribution in [0.15, 0.2) is 24.4 Å². The number of piperazine rings is 1. The first-order chi connectivity index (χ1) is 13.2. The molecule has 1 aromatic rings. The SMILES string of the molecule is O=C(NCc1ccccn1)[C@@H](C1CCCC1)N1CCN(C(=O)C2CC2)CC1. The Labute approximate surface area is 161 Å². The summed E-state index contributed by atoms with van der Waals surface area (Å²) < 4.78 is 0. The Morgan fingerprint density at radius 1 is 1.07 bits per heavy atom. The van der Waals surface area contributed by atoms with Crippen LogP contribution >= 0.6 is 0 Å². The van der Waals surface area contributed by atoms with Crippen molar-refractivity contribution >= 4 is 11.8 Å². The first-order valence-corrected chi connectivity index (χ1v) is 10.4. The lowest BCUT2D eigenvalue weighted by atomic mass is 9.95. The second kappa shape index (κ2) is 8.38. The maximum Gasteiger partial charge on any atom is 0.237 e. The number of amides is 2. The molecule has 2 aliphatic carbocycles. The first-order valence-electron chi connectivity index (χ1n) is 10.4. The van der Waals surface area contributed by atoms with E-state index in [4.69, 9.17) is 0 Å². The van der Waals surface area contributed by atoms with E-state index in [9.17, 15) is 9.59 Å². The number of rotatable bonds is 6. The minimum absolute atomic E-state index is 0.0746. The van der Waals surface area contributed by atoms with Crippen molar-refractivity contribution in [3.8, 4) is 0 Å². The zero-order valence-electron chi connectivity index (χ0n) is 16.0. The highest BCUT2D eigenvalue weighted by Crippen LogP contribution is 2.33. The highest BCUT2D eigenvalue weighted by atomic mass is 16.2. The Balaban J connectivity index is 1.37. The van der Waals surface area contributed by atoms with Crippen molar-refractivity contribution in [1.82, 2.24) is 20.1 Å². The predicted molar refractivity (Wildman–Crippen MR) is 103 cm³/mol. The molecule has 6 heteroatoms. The lowest BCUT2D eigenvalue weighted by molar-refractivity contribution is -0.136. The van der Waals surface area contributed by atoms with Crippen molar-refractivity contribution in [2.24, 2.45) is 11.8 Å². The fourth-order valence-corrected chi connectivity index (χ4v) is 4.55. The Bertz CT molecular complexity index is 647. The minimum atomic E-state index is -0.0746. The van der Waals surface area contributed by atoms with Crippen molar-refractivity contribution in [1.29, 1.82) is 0 Å². The molecule has 0 unspecified atom stereocenters. The van der Waals surface area contributed by atoms with Gasteiger partial charge in [-0.2, -0.15) is 0 Å². The minimum Gasteiger partial charge on any atom is -0.349 e. The topological polar surface area (TPSA) is 65.5 Å². The lowest BCUT2D eigenvalue weighted by Crippen LogP contribution is -2.58. The highest BCUT2D eigenvalue weighted by Gasteiger charge is 2.39. The van der Waals surface area contributed by atoms with Crippen molar-refractivity contribution < 1.29 is 9.59 Å². The molecular weight excluding hydrogens is 340 g/mol. The first kappa shape index (κ1) is 18.4. The number of hydrogen-bond donors (Lipinski definition) is 1. The standard InChI is InChI=1S/C21H30N4O2/c26-20(23-15-18-7-3-4-10-22-18)19(16-5-1-2-6-16)24-11-13-25(14-12-24)21(27)17-8-9-17/h3-4,7,10,16-17,19H,1-2,5-6,8-9,11-15H2,(H,23,26)/t19-/m1/s1. The van der Waals surface area contributed by atoms with Gasteiger partial charge in [0.15, 0.2) is 0 Å². The molecule has 3 aliphatic rings. The van der Waals surface area contributed by atoms with E-state index in [1.54, 1.807) is 6.20 Å². The average Bonchev–Trinajstić information content (AvgIpc) is 3.43. The summed E-state index contributed by atoms with van der Waals surface area (Å²) in [7, 11) is 0. The zero-order valence-corrected chi connectivity index (χ0v) is 16.0. The molecule has 0 aromatic carbocycles. The van der Waals surface area contributed by atoms with Crippen LogP contribution in [0.3, 0.4) is 0 Å². The van der Waals surface area contributed by atoms with Crippen molar-refractivity contribution in [3.63, 3.8) is 0 Å². The Hall–Kier alpha value is -1.95. The van der Waals surface area contributed by atoms with Crippen molar-refractivity contribution in [2.45, 2.75) is 51.1 Å². The molecule has 2 saturated carbocycles. The third-order valence-corrected chi connectivity index (χ3v) is 6.23. The Morgan fingerprint density at radius 2 is 1.81 bits per heavy atom. The Morgan fingerprint density at radius 3 is 2.44 bits per heavy atom. The molecule has 4 rings (SSSR count). The molecule has 2 heterocycles. The number of pyridine rings is 1. The van der Waals surface area contributed by atoms with Gasteiger partial charge in [0, 0.05) is 38.3 Å². The molecule has 2 amide bonds. The second-order valence-corrected chi connectivity index (χ2v) is 8.16. The van der Waals surface area contributed by atoms with Gasteiger partial charge in [0.05, 0.1) is 18.3 Å². The molecule has 1 aliphatic heterocycles. The zero-order chi connectivity index (χ0) is 18.6. The fraction of sp³-hybridized carbons (Fsp3) is 0.667. The molecule has 1 atom stereocenters. The number of hydrogen-bond acceptors (Lipinski definition) is 4. The van der Waals surface area contributed by atoms with E-state index in [0.717, 1.165) is 57.6 Å². The third kappa shape index (κ3) is 4.49. The van der Waals surface area contributed by atoms with E-state index in [-0.39, 0.29) is 17.9 Å². The molecule has 1 aromatic heterocycles. The van der Waals surface area contributed by atoms with Crippen molar-refractivity contribution in [3.05, 3.63) is 30.1 Å². The third-order valence-electron chi connectivity index (χ3n) is 6.23. The number of nitrogens with zero attached hydrogens (tertiary/aromatic N) is 3. The van der Waals surface area contributed by atoms with Crippen LogP contribution in [0.2, 0.25) is 0 Å². The largest absolute Gasteiger partial charge is 0.349 e. The van der Waals surface area contributed by atoms with Crippen molar-refractivity contribution in [2.75, 3.05) is 26.2 Å². The van der Waals surface area contributed by atoms with Crippen LogP contribution in [0.4, 0.5) is 0 Å². The van der Waals surface area contributed by atoms with Crippen LogP contribution in [-0.4, -0.2) is 58.8 Å². The van der Waals surface area contributed by atoms with Gasteiger partial charge in [0.25, 0.3) is 0 Å².